The minimum absolute atomic E-state index is 0.0918. The maximum absolute atomic E-state index is 13.7. The first-order valence-electron chi connectivity index (χ1n) is 12.7. The number of rotatable bonds is 8. The van der Waals surface area contributed by atoms with Crippen molar-refractivity contribution >= 4 is 51.0 Å². The van der Waals surface area contributed by atoms with Crippen LogP contribution in [0.1, 0.15) is 17.0 Å². The van der Waals surface area contributed by atoms with Crippen molar-refractivity contribution < 1.29 is 27.1 Å². The number of sulfonamides is 1. The molecule has 1 N–H and O–H groups in total. The first-order chi connectivity index (χ1) is 20.0. The largest absolute Gasteiger partial charge is 0.486 e. The lowest BCUT2D eigenvalue weighted by Gasteiger charge is -2.25. The van der Waals surface area contributed by atoms with Gasteiger partial charge in [0.1, 0.15) is 25.6 Å². The topological polar surface area (TPSA) is 102 Å². The summed E-state index contributed by atoms with van der Waals surface area (Å²) < 4.78 is 54.9. The molecule has 0 bridgehead atoms. The average Bonchev–Trinajstić information content (AvgIpc) is 3.23. The van der Waals surface area contributed by atoms with Gasteiger partial charge in [0.15, 0.2) is 11.5 Å². The van der Waals surface area contributed by atoms with Crippen molar-refractivity contribution in [3.8, 4) is 17.2 Å². The van der Waals surface area contributed by atoms with Crippen molar-refractivity contribution in [2.45, 2.75) is 18.7 Å². The molecule has 9 nitrogen and oxygen atoms in total. The number of hydrogen-bond acceptors (Lipinski definition) is 6. The fourth-order valence-electron chi connectivity index (χ4n) is 4.56. The van der Waals surface area contributed by atoms with E-state index in [4.69, 9.17) is 32.7 Å². The Bertz CT molecular complexity index is 1770. The van der Waals surface area contributed by atoms with Gasteiger partial charge in [0.05, 0.1) is 16.8 Å². The maximum atomic E-state index is 13.7. The second-order valence-corrected chi connectivity index (χ2v) is 12.1. The van der Waals surface area contributed by atoms with E-state index in [0.29, 0.717) is 28.0 Å². The summed E-state index contributed by atoms with van der Waals surface area (Å²) in [5, 5.41) is 5.03. The highest BCUT2D eigenvalue weighted by Crippen LogP contribution is 2.34. The van der Waals surface area contributed by atoms with Crippen molar-refractivity contribution in [1.29, 1.82) is 0 Å². The molecule has 5 rings (SSSR count). The zero-order valence-electron chi connectivity index (χ0n) is 22.5. The van der Waals surface area contributed by atoms with Gasteiger partial charge >= 0.3 is 0 Å². The Kier molecular flexibility index (Phi) is 8.44. The number of anilines is 1. The minimum Gasteiger partial charge on any atom is -0.486 e. The van der Waals surface area contributed by atoms with Gasteiger partial charge in [0.25, 0.3) is 15.9 Å². The number of nitrogens with one attached hydrogen (secondary N) is 1. The predicted octanol–water partition coefficient (Wildman–Crippen LogP) is 5.66. The lowest BCUT2D eigenvalue weighted by atomic mass is 10.2. The summed E-state index contributed by atoms with van der Waals surface area (Å²) in [5.41, 5.74) is 5.66. The number of halogens is 3. The fourth-order valence-corrected chi connectivity index (χ4v) is 6.51. The molecule has 0 fully saturated rings. The molecule has 0 aliphatic carbocycles. The number of amides is 1. The first-order valence-corrected chi connectivity index (χ1v) is 14.9. The van der Waals surface area contributed by atoms with Gasteiger partial charge < -0.3 is 14.0 Å². The number of aryl methyl sites for hydroxylation is 1. The van der Waals surface area contributed by atoms with Gasteiger partial charge in [-0.15, -0.1) is 0 Å². The van der Waals surface area contributed by atoms with E-state index in [1.165, 1.54) is 36.5 Å². The number of hydrazone groups is 1. The molecule has 1 aromatic heterocycles. The fraction of sp³-hybridized carbons (Fsp3) is 0.172. The molecule has 42 heavy (non-hydrogen) atoms. The van der Waals surface area contributed by atoms with Gasteiger partial charge in [-0.05, 0) is 74.5 Å². The summed E-state index contributed by atoms with van der Waals surface area (Å²) in [7, 11) is -4.28. The van der Waals surface area contributed by atoms with Crippen molar-refractivity contribution in [3.63, 3.8) is 0 Å². The zero-order chi connectivity index (χ0) is 30.0. The molecule has 1 aliphatic rings. The number of fused-ring (bicyclic) bond motifs is 1. The van der Waals surface area contributed by atoms with Crippen LogP contribution in [-0.2, 0) is 14.8 Å². The average molecular weight is 632 g/mol. The Morgan fingerprint density at radius 1 is 1.00 bits per heavy atom. The van der Waals surface area contributed by atoms with Crippen molar-refractivity contribution in [3.05, 3.63) is 99.5 Å². The van der Waals surface area contributed by atoms with Crippen LogP contribution in [0.4, 0.5) is 10.1 Å². The molecule has 1 amide bonds. The summed E-state index contributed by atoms with van der Waals surface area (Å²) in [4.78, 5) is 12.8. The van der Waals surface area contributed by atoms with Crippen LogP contribution in [0.15, 0.2) is 76.7 Å². The Labute approximate surface area is 252 Å². The van der Waals surface area contributed by atoms with Gasteiger partial charge in [-0.1, -0.05) is 23.2 Å². The van der Waals surface area contributed by atoms with Gasteiger partial charge in [0, 0.05) is 38.8 Å². The second-order valence-electron chi connectivity index (χ2n) is 9.38. The number of carbonyl (C=O) groups is 1. The number of carbonyl (C=O) groups excluding carboxylic acids is 1. The van der Waals surface area contributed by atoms with E-state index in [1.807, 2.05) is 24.5 Å². The van der Waals surface area contributed by atoms with Crippen molar-refractivity contribution in [2.75, 3.05) is 24.1 Å². The minimum atomic E-state index is -4.28. The van der Waals surface area contributed by atoms with E-state index in [0.717, 1.165) is 33.5 Å². The van der Waals surface area contributed by atoms with Gasteiger partial charge in [-0.3, -0.25) is 9.10 Å². The Balaban J connectivity index is 1.37. The van der Waals surface area contributed by atoms with Crippen LogP contribution in [0.3, 0.4) is 0 Å². The third-order valence-electron chi connectivity index (χ3n) is 6.47. The molecular formula is C29H25Cl2FN4O5S. The van der Waals surface area contributed by atoms with Crippen LogP contribution in [-0.4, -0.2) is 44.9 Å². The molecular weight excluding hydrogens is 606 g/mol. The molecule has 0 spiro atoms. The normalized spacial score (nSPS) is 12.9. The summed E-state index contributed by atoms with van der Waals surface area (Å²) in [6.07, 6.45) is 1.46. The second kappa shape index (κ2) is 12.0. The summed E-state index contributed by atoms with van der Waals surface area (Å²) in [6.45, 7) is 3.77. The smallest absolute Gasteiger partial charge is 0.264 e. The Hall–Kier alpha value is -4.06. The number of ether oxygens (including phenoxy) is 2. The van der Waals surface area contributed by atoms with Crippen LogP contribution < -0.4 is 19.2 Å². The molecule has 3 aromatic carbocycles. The number of nitrogens with zero attached hydrogens (tertiary/aromatic N) is 3. The number of benzene rings is 3. The molecule has 4 aromatic rings. The van der Waals surface area contributed by atoms with Crippen LogP contribution in [0.5, 0.6) is 11.5 Å². The molecule has 0 radical (unpaired) electrons. The van der Waals surface area contributed by atoms with Crippen molar-refractivity contribution in [1.82, 2.24) is 9.99 Å². The number of hydrogen-bond donors (Lipinski definition) is 1. The third-order valence-corrected chi connectivity index (χ3v) is 8.68. The first kappa shape index (κ1) is 29.4. The molecule has 13 heteroatoms. The molecule has 0 saturated carbocycles. The summed E-state index contributed by atoms with van der Waals surface area (Å²) in [5.74, 6) is -0.583. The highest BCUT2D eigenvalue weighted by Gasteiger charge is 2.29. The number of aromatic nitrogens is 1. The van der Waals surface area contributed by atoms with Crippen molar-refractivity contribution in [2.24, 2.45) is 5.10 Å². The third kappa shape index (κ3) is 6.23. The maximum Gasteiger partial charge on any atom is 0.264 e. The lowest BCUT2D eigenvalue weighted by molar-refractivity contribution is -0.119. The highest BCUT2D eigenvalue weighted by atomic mass is 35.5. The van der Waals surface area contributed by atoms with E-state index in [1.54, 1.807) is 18.2 Å². The molecule has 218 valence electrons. The van der Waals surface area contributed by atoms with E-state index in [9.17, 15) is 17.6 Å². The van der Waals surface area contributed by atoms with Crippen LogP contribution >= 0.6 is 23.2 Å². The lowest BCUT2D eigenvalue weighted by Crippen LogP contribution is -2.39. The van der Waals surface area contributed by atoms with Gasteiger partial charge in [-0.25, -0.2) is 18.2 Å². The molecule has 2 heterocycles. The molecule has 0 atom stereocenters. The quantitative estimate of drug-likeness (QED) is 0.200. The Morgan fingerprint density at radius 2 is 1.67 bits per heavy atom. The molecule has 1 aliphatic heterocycles. The molecule has 0 saturated heterocycles. The van der Waals surface area contributed by atoms with Crippen LogP contribution in [0.25, 0.3) is 5.69 Å². The zero-order valence-corrected chi connectivity index (χ0v) is 24.8. The van der Waals surface area contributed by atoms with Gasteiger partial charge in [-0.2, -0.15) is 5.10 Å². The monoisotopic (exact) mass is 630 g/mol. The highest BCUT2D eigenvalue weighted by molar-refractivity contribution is 7.92. The Morgan fingerprint density at radius 3 is 2.36 bits per heavy atom. The SMILES string of the molecule is Cc1cc(/C=N\NC(=O)CN(c2ccc(F)cc2)S(=O)(=O)c2ccc3c(c2)OCCO3)c(C)n1-c1cc(Cl)cc(Cl)c1. The van der Waals surface area contributed by atoms with E-state index in [2.05, 4.69) is 10.5 Å². The van der Waals surface area contributed by atoms with Crippen LogP contribution in [0, 0.1) is 19.7 Å². The predicted molar refractivity (Wildman–Crippen MR) is 159 cm³/mol. The molecule has 0 unspecified atom stereocenters. The van der Waals surface area contributed by atoms with Gasteiger partial charge in [0.2, 0.25) is 0 Å². The summed E-state index contributed by atoms with van der Waals surface area (Å²) >= 11 is 12.4. The summed E-state index contributed by atoms with van der Waals surface area (Å²) in [6, 6.07) is 16.0. The van der Waals surface area contributed by atoms with E-state index < -0.39 is 28.3 Å². The van der Waals surface area contributed by atoms with Crippen LogP contribution in [0.2, 0.25) is 10.0 Å². The van der Waals surface area contributed by atoms with E-state index >= 15 is 0 Å². The standard InChI is InChI=1S/C29H25Cl2FN4O5S/c1-18-11-20(19(2)36(18)25-13-21(30)12-22(31)14-25)16-33-34-29(37)17-35(24-5-3-23(32)4-6-24)42(38,39)26-7-8-27-28(15-26)41-10-9-40-27/h3-8,11-16H,9-10,17H2,1-2H3,(H,34,37)/b33-16-. The van der Waals surface area contributed by atoms with E-state index in [-0.39, 0.29) is 22.9 Å².